The van der Waals surface area contributed by atoms with Gasteiger partial charge in [-0.3, -0.25) is 4.79 Å². The summed E-state index contributed by atoms with van der Waals surface area (Å²) in [5.41, 5.74) is 2.35. The molecule has 100 valence electrons. The fourth-order valence-corrected chi connectivity index (χ4v) is 2.31. The van der Waals surface area contributed by atoms with Gasteiger partial charge < -0.3 is 10.2 Å². The van der Waals surface area contributed by atoms with Crippen LogP contribution in [0.3, 0.4) is 0 Å². The minimum atomic E-state index is -0.0488. The van der Waals surface area contributed by atoms with Gasteiger partial charge in [0.2, 0.25) is 5.91 Å². The van der Waals surface area contributed by atoms with E-state index in [0.717, 1.165) is 25.1 Å². The van der Waals surface area contributed by atoms with Crippen molar-refractivity contribution in [1.82, 2.24) is 5.32 Å². The lowest BCUT2D eigenvalue weighted by Gasteiger charge is -2.24. The number of benzene rings is 1. The van der Waals surface area contributed by atoms with Crippen molar-refractivity contribution < 1.29 is 4.79 Å². The lowest BCUT2D eigenvalue weighted by Crippen LogP contribution is -2.44. The highest BCUT2D eigenvalue weighted by molar-refractivity contribution is 5.98. The molecule has 18 heavy (non-hydrogen) atoms. The zero-order valence-electron chi connectivity index (χ0n) is 11.9. The Balaban J connectivity index is 0.000000771. The van der Waals surface area contributed by atoms with Gasteiger partial charge in [-0.2, -0.15) is 0 Å². The number of nitrogens with zero attached hydrogens (tertiary/aromatic N) is 1. The van der Waals surface area contributed by atoms with E-state index in [0.29, 0.717) is 0 Å². The molecule has 0 saturated heterocycles. The fourth-order valence-electron chi connectivity index (χ4n) is 2.31. The number of hydrogen-bond acceptors (Lipinski definition) is 2. The summed E-state index contributed by atoms with van der Waals surface area (Å²) >= 11 is 0. The molecule has 0 radical (unpaired) electrons. The van der Waals surface area contributed by atoms with Crippen molar-refractivity contribution in [3.63, 3.8) is 0 Å². The first-order valence-corrected chi connectivity index (χ1v) is 6.84. The van der Waals surface area contributed by atoms with Crippen molar-refractivity contribution in [3.8, 4) is 0 Å². The zero-order chi connectivity index (χ0) is 13.5. The number of fused-ring (bicyclic) bond motifs is 1. The van der Waals surface area contributed by atoms with E-state index >= 15 is 0 Å². The maximum atomic E-state index is 12.2. The van der Waals surface area contributed by atoms with Crippen LogP contribution in [0.25, 0.3) is 0 Å². The summed E-state index contributed by atoms with van der Waals surface area (Å²) in [5, 5.41) is 3.10. The third kappa shape index (κ3) is 2.91. The Kier molecular flexibility index (Phi) is 5.86. The second kappa shape index (κ2) is 7.17. The highest BCUT2D eigenvalue weighted by Crippen LogP contribution is 2.26. The number of carbonyl (C=O) groups is 1. The number of anilines is 1. The zero-order valence-corrected chi connectivity index (χ0v) is 11.9. The van der Waals surface area contributed by atoms with E-state index in [1.165, 1.54) is 5.56 Å². The molecule has 1 heterocycles. The van der Waals surface area contributed by atoms with E-state index in [1.54, 1.807) is 0 Å². The van der Waals surface area contributed by atoms with Gasteiger partial charge >= 0.3 is 0 Å². The van der Waals surface area contributed by atoms with Crippen LogP contribution in [0.2, 0.25) is 0 Å². The Labute approximate surface area is 110 Å². The predicted octanol–water partition coefficient (Wildman–Crippen LogP) is 2.60. The normalized spacial score (nSPS) is 18.6. The highest BCUT2D eigenvalue weighted by atomic mass is 16.2. The van der Waals surface area contributed by atoms with E-state index in [1.807, 2.05) is 50.9 Å². The maximum Gasteiger partial charge on any atom is 0.244 e. The molecule has 1 aliphatic heterocycles. The number of rotatable bonds is 2. The summed E-state index contributed by atoms with van der Waals surface area (Å²) in [6, 6.07) is 8.14. The monoisotopic (exact) mass is 248 g/mol. The van der Waals surface area contributed by atoms with E-state index in [9.17, 15) is 4.79 Å². The van der Waals surface area contributed by atoms with Gasteiger partial charge in [0.05, 0.1) is 6.04 Å². The summed E-state index contributed by atoms with van der Waals surface area (Å²) in [4.78, 5) is 14.1. The third-order valence-electron chi connectivity index (χ3n) is 3.21. The number of para-hydroxylation sites is 1. The van der Waals surface area contributed by atoms with Crippen molar-refractivity contribution >= 4 is 11.6 Å². The number of nitrogens with one attached hydrogen (secondary N) is 1. The van der Waals surface area contributed by atoms with Crippen LogP contribution in [0.4, 0.5) is 5.69 Å². The second-order valence-corrected chi connectivity index (χ2v) is 4.09. The Morgan fingerprint density at radius 2 is 2.00 bits per heavy atom. The Morgan fingerprint density at radius 3 is 2.61 bits per heavy atom. The van der Waals surface area contributed by atoms with E-state index in [-0.39, 0.29) is 11.9 Å². The van der Waals surface area contributed by atoms with Crippen LogP contribution < -0.4 is 10.2 Å². The minimum absolute atomic E-state index is 0.0488. The van der Waals surface area contributed by atoms with Crippen LogP contribution in [0.15, 0.2) is 24.3 Å². The van der Waals surface area contributed by atoms with Crippen molar-refractivity contribution in [3.05, 3.63) is 29.8 Å². The molecular weight excluding hydrogens is 224 g/mol. The van der Waals surface area contributed by atoms with Gasteiger partial charge in [-0.1, -0.05) is 32.0 Å². The SMILES string of the molecule is CC.CCN1C(=O)C(NC)CCc2ccccc21. The van der Waals surface area contributed by atoms with Gasteiger partial charge in [0.25, 0.3) is 0 Å². The van der Waals surface area contributed by atoms with Gasteiger partial charge in [-0.05, 0) is 38.4 Å². The number of hydrogen-bond donors (Lipinski definition) is 1. The molecule has 1 aromatic rings. The molecule has 1 atom stereocenters. The fraction of sp³-hybridized carbons (Fsp3) is 0.533. The van der Waals surface area contributed by atoms with E-state index < -0.39 is 0 Å². The van der Waals surface area contributed by atoms with Crippen molar-refractivity contribution in [2.75, 3.05) is 18.5 Å². The van der Waals surface area contributed by atoms with Crippen LogP contribution in [-0.2, 0) is 11.2 Å². The molecule has 0 spiro atoms. The molecule has 0 aromatic heterocycles. The van der Waals surface area contributed by atoms with E-state index in [4.69, 9.17) is 0 Å². The van der Waals surface area contributed by atoms with Crippen LogP contribution in [0, 0.1) is 0 Å². The Bertz CT molecular complexity index is 390. The quantitative estimate of drug-likeness (QED) is 0.872. The number of likely N-dealkylation sites (N-methyl/N-ethyl adjacent to an activating group) is 2. The molecular formula is C15H24N2O. The van der Waals surface area contributed by atoms with Gasteiger partial charge in [0, 0.05) is 12.2 Å². The van der Waals surface area contributed by atoms with Gasteiger partial charge in [-0.15, -0.1) is 0 Å². The summed E-state index contributed by atoms with van der Waals surface area (Å²) < 4.78 is 0. The van der Waals surface area contributed by atoms with Gasteiger partial charge in [0.15, 0.2) is 0 Å². The Morgan fingerprint density at radius 1 is 1.33 bits per heavy atom. The molecule has 1 amide bonds. The molecule has 3 nitrogen and oxygen atoms in total. The maximum absolute atomic E-state index is 12.2. The molecule has 0 saturated carbocycles. The molecule has 1 aliphatic rings. The molecule has 1 aromatic carbocycles. The summed E-state index contributed by atoms with van der Waals surface area (Å²) in [6.07, 6.45) is 1.84. The molecule has 0 fully saturated rings. The molecule has 3 heteroatoms. The van der Waals surface area contributed by atoms with Crippen LogP contribution in [0.1, 0.15) is 32.8 Å². The Hall–Kier alpha value is -1.35. The predicted molar refractivity (Wildman–Crippen MR) is 77.0 cm³/mol. The lowest BCUT2D eigenvalue weighted by molar-refractivity contribution is -0.120. The first-order chi connectivity index (χ1) is 8.77. The summed E-state index contributed by atoms with van der Waals surface area (Å²) in [6.45, 7) is 6.75. The largest absolute Gasteiger partial charge is 0.311 e. The lowest BCUT2D eigenvalue weighted by atomic mass is 10.1. The van der Waals surface area contributed by atoms with Gasteiger partial charge in [-0.25, -0.2) is 0 Å². The molecule has 2 rings (SSSR count). The average Bonchev–Trinajstić information content (AvgIpc) is 2.57. The second-order valence-electron chi connectivity index (χ2n) is 4.09. The first-order valence-electron chi connectivity index (χ1n) is 6.84. The highest BCUT2D eigenvalue weighted by Gasteiger charge is 2.27. The van der Waals surface area contributed by atoms with E-state index in [2.05, 4.69) is 11.4 Å². The number of carbonyl (C=O) groups excluding carboxylic acids is 1. The molecule has 0 aliphatic carbocycles. The topological polar surface area (TPSA) is 32.3 Å². The smallest absolute Gasteiger partial charge is 0.244 e. The van der Waals surface area contributed by atoms with Crippen LogP contribution in [-0.4, -0.2) is 25.5 Å². The van der Waals surface area contributed by atoms with Crippen molar-refractivity contribution in [1.29, 1.82) is 0 Å². The molecule has 1 unspecified atom stereocenters. The standard InChI is InChI=1S/C13H18N2O.C2H6/c1-3-15-12-7-5-4-6-10(12)8-9-11(14-2)13(15)16;1-2/h4-7,11,14H,3,8-9H2,1-2H3;1-2H3. The van der Waals surface area contributed by atoms with Crippen molar-refractivity contribution in [2.45, 2.75) is 39.7 Å². The number of aryl methyl sites for hydroxylation is 1. The van der Waals surface area contributed by atoms with Crippen LogP contribution in [0.5, 0.6) is 0 Å². The minimum Gasteiger partial charge on any atom is -0.311 e. The van der Waals surface area contributed by atoms with Crippen LogP contribution >= 0.6 is 0 Å². The molecule has 1 N–H and O–H groups in total. The summed E-state index contributed by atoms with van der Waals surface area (Å²) in [7, 11) is 1.85. The average molecular weight is 248 g/mol. The first kappa shape index (κ1) is 14.7. The number of amides is 1. The van der Waals surface area contributed by atoms with Gasteiger partial charge in [0.1, 0.15) is 0 Å². The third-order valence-corrected chi connectivity index (χ3v) is 3.21. The van der Waals surface area contributed by atoms with Crippen molar-refractivity contribution in [2.24, 2.45) is 0 Å². The summed E-state index contributed by atoms with van der Waals surface area (Å²) in [5.74, 6) is 0.190. The molecule has 0 bridgehead atoms.